The molecule has 1 aromatic rings. The number of hydrogen-bond donors (Lipinski definition) is 5. The second kappa shape index (κ2) is 6.19. The van der Waals surface area contributed by atoms with E-state index in [2.05, 4.69) is 11.1 Å². The third-order valence-electron chi connectivity index (χ3n) is 3.42. The van der Waals surface area contributed by atoms with Gasteiger partial charge in [-0.15, -0.1) is 0 Å². The van der Waals surface area contributed by atoms with Crippen molar-refractivity contribution in [2.24, 2.45) is 0 Å². The average Bonchev–Trinajstić information content (AvgIpc) is 3.12. The van der Waals surface area contributed by atoms with Crippen molar-refractivity contribution in [3.63, 3.8) is 0 Å². The first-order chi connectivity index (χ1) is 9.32. The molecule has 0 spiro atoms. The molecule has 0 aliphatic heterocycles. The summed E-state index contributed by atoms with van der Waals surface area (Å²) < 4.78 is 0. The maximum atomic E-state index is 11.8. The predicted octanol–water partition coefficient (Wildman–Crippen LogP) is -4.01. The van der Waals surface area contributed by atoms with Gasteiger partial charge in [0.05, 0.1) is 0 Å². The predicted molar refractivity (Wildman–Crippen MR) is 67.9 cm³/mol. The Morgan fingerprint density at radius 2 is 1.90 bits per heavy atom. The van der Waals surface area contributed by atoms with Crippen LogP contribution < -0.4 is 23.5 Å². The Morgan fingerprint density at radius 1 is 1.29 bits per heavy atom. The number of benzene rings is 1. The number of quaternary nitrogens is 1. The van der Waals surface area contributed by atoms with Crippen molar-refractivity contribution in [1.29, 1.82) is 0 Å². The number of aromatic hydroxyl groups is 2. The molecule has 21 heavy (non-hydrogen) atoms. The van der Waals surface area contributed by atoms with Gasteiger partial charge in [0, 0.05) is 19.3 Å². The minimum absolute atomic E-state index is 0. The molecule has 1 atom stereocenters. The zero-order valence-corrected chi connectivity index (χ0v) is 11.9. The molecule has 0 heterocycles. The van der Waals surface area contributed by atoms with Crippen molar-refractivity contribution in [3.8, 4) is 11.5 Å². The fourth-order valence-electron chi connectivity index (χ4n) is 1.82. The number of hydrogen-bond acceptors (Lipinski definition) is 4. The van der Waals surface area contributed by atoms with Crippen LogP contribution in [0.1, 0.15) is 18.4 Å². The second-order valence-electron chi connectivity index (χ2n) is 5.17. The van der Waals surface area contributed by atoms with Gasteiger partial charge in [-0.1, -0.05) is 6.07 Å². The van der Waals surface area contributed by atoms with E-state index in [4.69, 9.17) is 5.11 Å². The summed E-state index contributed by atoms with van der Waals surface area (Å²) in [5.41, 5.74) is 3.56. The second-order valence-corrected chi connectivity index (χ2v) is 5.17. The molecule has 1 saturated carbocycles. The van der Waals surface area contributed by atoms with Gasteiger partial charge in [0.15, 0.2) is 17.0 Å². The Kier molecular flexibility index (Phi) is 5.03. The van der Waals surface area contributed by atoms with E-state index in [1.54, 1.807) is 0 Å². The quantitative estimate of drug-likeness (QED) is 0.353. The van der Waals surface area contributed by atoms with Crippen LogP contribution in [0.5, 0.6) is 11.5 Å². The molecule has 8 heteroatoms. The summed E-state index contributed by atoms with van der Waals surface area (Å²) in [5, 5.41) is 30.2. The first-order valence-corrected chi connectivity index (χ1v) is 6.22. The third kappa shape index (κ3) is 3.99. The van der Waals surface area contributed by atoms with E-state index in [1.165, 1.54) is 18.2 Å². The number of aliphatic carboxylic acids is 1. The van der Waals surface area contributed by atoms with E-state index in [0.717, 1.165) is 0 Å². The van der Waals surface area contributed by atoms with Crippen molar-refractivity contribution in [1.82, 2.24) is 5.32 Å². The van der Waals surface area contributed by atoms with Crippen molar-refractivity contribution in [2.75, 3.05) is 0 Å². The largest absolute Gasteiger partial charge is 1.00 e. The molecule has 2 rings (SSSR count). The number of phenolic OH excluding ortho intramolecular Hbond substituents is 2. The fourth-order valence-corrected chi connectivity index (χ4v) is 1.82. The molecule has 0 bridgehead atoms. The van der Waals surface area contributed by atoms with E-state index in [0.29, 0.717) is 18.4 Å². The monoisotopic (exact) mass is 316 g/mol. The van der Waals surface area contributed by atoms with Gasteiger partial charge >= 0.3 is 5.97 Å². The molecule has 0 radical (unpaired) electrons. The summed E-state index contributed by atoms with van der Waals surface area (Å²) in [6, 6.07) is 2.95. The number of phenols is 2. The fraction of sp³-hybridized carbons (Fsp3) is 0.385. The molecule has 0 saturated heterocycles. The maximum Gasteiger partial charge on any atom is 0.326 e. The Morgan fingerprint density at radius 3 is 2.38 bits per heavy atom. The number of amides is 1. The van der Waals surface area contributed by atoms with Gasteiger partial charge in [0.2, 0.25) is 0 Å². The molecular weight excluding hydrogens is 300 g/mol. The van der Waals surface area contributed by atoms with Gasteiger partial charge in [-0.05, 0) is 17.7 Å². The van der Waals surface area contributed by atoms with Crippen LogP contribution in [-0.2, 0) is 16.0 Å². The summed E-state index contributed by atoms with van der Waals surface area (Å²) in [4.78, 5) is 23.0. The highest BCUT2D eigenvalue weighted by Gasteiger charge is 2.51. The van der Waals surface area contributed by atoms with E-state index in [1.807, 2.05) is 0 Å². The SMILES string of the molecule is [Cl-].[NH3+]C1(C(=O)N[C@@H](Cc2ccc(O)c(O)c2)C(=O)O)CC1. The lowest BCUT2D eigenvalue weighted by Gasteiger charge is -2.16. The molecule has 0 unspecified atom stereocenters. The number of halogens is 1. The van der Waals surface area contributed by atoms with Crippen molar-refractivity contribution in [3.05, 3.63) is 23.8 Å². The summed E-state index contributed by atoms with van der Waals surface area (Å²) in [5.74, 6) is -2.13. The van der Waals surface area contributed by atoms with E-state index < -0.39 is 17.6 Å². The van der Waals surface area contributed by atoms with Crippen molar-refractivity contribution in [2.45, 2.75) is 30.8 Å². The lowest BCUT2D eigenvalue weighted by molar-refractivity contribution is -0.420. The number of carbonyl (C=O) groups is 2. The molecule has 7 N–H and O–H groups in total. The molecule has 0 aromatic heterocycles. The summed E-state index contributed by atoms with van der Waals surface area (Å²) >= 11 is 0. The van der Waals surface area contributed by atoms with Crippen molar-refractivity contribution >= 4 is 11.9 Å². The summed E-state index contributed by atoms with van der Waals surface area (Å²) in [7, 11) is 0. The topological polar surface area (TPSA) is 134 Å². The van der Waals surface area contributed by atoms with Crippen molar-refractivity contribution < 1.29 is 43.0 Å². The number of carbonyl (C=O) groups excluding carboxylic acids is 1. The van der Waals surface area contributed by atoms with Gasteiger partial charge in [0.25, 0.3) is 5.91 Å². The van der Waals surface area contributed by atoms with Gasteiger partial charge in [0.1, 0.15) is 6.04 Å². The normalized spacial score (nSPS) is 16.4. The maximum absolute atomic E-state index is 11.8. The molecule has 1 aliphatic carbocycles. The lowest BCUT2D eigenvalue weighted by atomic mass is 10.0. The highest BCUT2D eigenvalue weighted by atomic mass is 35.5. The Hall–Kier alpha value is -1.99. The van der Waals surface area contributed by atoms with Gasteiger partial charge < -0.3 is 38.8 Å². The van der Waals surface area contributed by atoms with Crippen LogP contribution in [0.25, 0.3) is 0 Å². The zero-order valence-electron chi connectivity index (χ0n) is 11.2. The van der Waals surface area contributed by atoms with Crippen LogP contribution >= 0.6 is 0 Å². The Bertz CT molecular complexity index is 559. The first kappa shape index (κ1) is 17.1. The molecule has 1 amide bonds. The molecule has 116 valence electrons. The molecule has 1 aliphatic rings. The zero-order chi connectivity index (χ0) is 14.9. The number of nitrogens with one attached hydrogen (secondary N) is 1. The highest BCUT2D eigenvalue weighted by molar-refractivity contribution is 5.91. The van der Waals surface area contributed by atoms with E-state index in [9.17, 15) is 19.8 Å². The standard InChI is InChI=1S/C13H16N2O5.ClH/c14-13(3-4-13)12(20)15-8(11(18)19)5-7-1-2-9(16)10(17)6-7;/h1-2,6,8,16-17H,3-5,14H2,(H,15,20)(H,18,19);1H/t8-;/m0./s1. The van der Waals surface area contributed by atoms with Crippen LogP contribution in [-0.4, -0.2) is 38.8 Å². The Balaban J connectivity index is 0.00000220. The molecule has 7 nitrogen and oxygen atoms in total. The molecule has 1 aromatic carbocycles. The first-order valence-electron chi connectivity index (χ1n) is 6.22. The molecular formula is C13H17ClN2O5. The van der Waals surface area contributed by atoms with E-state index in [-0.39, 0.29) is 36.2 Å². The van der Waals surface area contributed by atoms with E-state index >= 15 is 0 Å². The average molecular weight is 317 g/mol. The van der Waals surface area contributed by atoms with Gasteiger partial charge in [-0.3, -0.25) is 4.79 Å². The summed E-state index contributed by atoms with van der Waals surface area (Å²) in [6.07, 6.45) is 1.33. The van der Waals surface area contributed by atoms with Crippen LogP contribution in [0.15, 0.2) is 18.2 Å². The minimum atomic E-state index is -1.16. The van der Waals surface area contributed by atoms with Crippen LogP contribution in [0.2, 0.25) is 0 Å². The number of carboxylic acid groups (broad SMARTS) is 1. The molecule has 1 fully saturated rings. The van der Waals surface area contributed by atoms with Crippen LogP contribution in [0.3, 0.4) is 0 Å². The smallest absolute Gasteiger partial charge is 0.326 e. The third-order valence-corrected chi connectivity index (χ3v) is 3.42. The van der Waals surface area contributed by atoms with Crippen LogP contribution in [0, 0.1) is 0 Å². The van der Waals surface area contributed by atoms with Gasteiger partial charge in [-0.2, -0.15) is 0 Å². The van der Waals surface area contributed by atoms with Crippen LogP contribution in [0.4, 0.5) is 0 Å². The number of carboxylic acids is 1. The minimum Gasteiger partial charge on any atom is -1.00 e. The highest BCUT2D eigenvalue weighted by Crippen LogP contribution is 2.30. The van der Waals surface area contributed by atoms with Gasteiger partial charge in [-0.25, -0.2) is 4.79 Å². The lowest BCUT2D eigenvalue weighted by Crippen LogP contribution is -3.00. The number of rotatable bonds is 5. The Labute approximate surface area is 127 Å². The summed E-state index contributed by atoms with van der Waals surface area (Å²) in [6.45, 7) is 0.